The highest BCUT2D eigenvalue weighted by molar-refractivity contribution is 5.81. The van der Waals surface area contributed by atoms with Crippen molar-refractivity contribution in [1.29, 1.82) is 0 Å². The van der Waals surface area contributed by atoms with Crippen molar-refractivity contribution in [2.24, 2.45) is 0 Å². The first kappa shape index (κ1) is 13.3. The summed E-state index contributed by atoms with van der Waals surface area (Å²) in [4.78, 5) is 12.4. The Morgan fingerprint density at radius 1 is 1.25 bits per heavy atom. The van der Waals surface area contributed by atoms with E-state index in [1.165, 1.54) is 0 Å². The molecule has 0 radical (unpaired) electrons. The fraction of sp³-hybridized carbons (Fsp3) is 0.438. The van der Waals surface area contributed by atoms with Gasteiger partial charge >= 0.3 is 5.63 Å². The average molecular weight is 273 g/mol. The number of rotatable bonds is 3. The summed E-state index contributed by atoms with van der Waals surface area (Å²) in [5.74, 6) is 0.235. The van der Waals surface area contributed by atoms with Crippen LogP contribution in [0.1, 0.15) is 29.9 Å². The van der Waals surface area contributed by atoms with E-state index in [9.17, 15) is 9.90 Å². The van der Waals surface area contributed by atoms with Crippen molar-refractivity contribution in [2.75, 3.05) is 19.7 Å². The van der Waals surface area contributed by atoms with Gasteiger partial charge in [-0.25, -0.2) is 4.79 Å². The minimum Gasteiger partial charge on any atom is -0.423 e. The van der Waals surface area contributed by atoms with Crippen LogP contribution in [0.5, 0.6) is 0 Å². The molecule has 2 heterocycles. The monoisotopic (exact) mass is 273 g/mol. The fourth-order valence-corrected chi connectivity index (χ4v) is 3.13. The van der Waals surface area contributed by atoms with Crippen LogP contribution >= 0.6 is 0 Å². The van der Waals surface area contributed by atoms with Crippen LogP contribution in [0.25, 0.3) is 11.0 Å². The molecule has 1 aliphatic rings. The molecule has 2 aromatic rings. The minimum atomic E-state index is -0.237. The SMILES string of the molecule is O=c1oc2ccccc2c(CCO)c1C1CCNCC1. The maximum Gasteiger partial charge on any atom is 0.340 e. The second-order valence-electron chi connectivity index (χ2n) is 5.28. The third-order valence-electron chi connectivity index (χ3n) is 4.07. The molecule has 0 spiro atoms. The van der Waals surface area contributed by atoms with Gasteiger partial charge in [-0.15, -0.1) is 0 Å². The third-order valence-corrected chi connectivity index (χ3v) is 4.07. The highest BCUT2D eigenvalue weighted by atomic mass is 16.4. The Balaban J connectivity index is 2.20. The Hall–Kier alpha value is -1.65. The van der Waals surface area contributed by atoms with Gasteiger partial charge < -0.3 is 14.8 Å². The van der Waals surface area contributed by atoms with Gasteiger partial charge in [0.15, 0.2) is 0 Å². The summed E-state index contributed by atoms with van der Waals surface area (Å²) in [6, 6.07) is 7.57. The highest BCUT2D eigenvalue weighted by Crippen LogP contribution is 2.30. The molecule has 4 heteroatoms. The summed E-state index contributed by atoms with van der Waals surface area (Å²) < 4.78 is 5.48. The first-order chi connectivity index (χ1) is 9.81. The predicted octanol–water partition coefficient (Wildman–Crippen LogP) is 1.79. The van der Waals surface area contributed by atoms with Crippen LogP contribution in [-0.2, 0) is 6.42 Å². The number of fused-ring (bicyclic) bond motifs is 1. The summed E-state index contributed by atoms with van der Waals surface area (Å²) in [6.45, 7) is 1.90. The van der Waals surface area contributed by atoms with Gasteiger partial charge in [-0.1, -0.05) is 18.2 Å². The van der Waals surface area contributed by atoms with Crippen LogP contribution in [0.2, 0.25) is 0 Å². The maximum atomic E-state index is 12.4. The molecular formula is C16H19NO3. The number of hydrogen-bond acceptors (Lipinski definition) is 4. The van der Waals surface area contributed by atoms with Crippen molar-refractivity contribution >= 4 is 11.0 Å². The molecule has 1 aromatic heterocycles. The molecule has 20 heavy (non-hydrogen) atoms. The Bertz CT molecular complexity index is 656. The number of piperidine rings is 1. The van der Waals surface area contributed by atoms with E-state index in [2.05, 4.69) is 5.32 Å². The Labute approximate surface area is 117 Å². The molecule has 1 saturated heterocycles. The largest absolute Gasteiger partial charge is 0.423 e. The summed E-state index contributed by atoms with van der Waals surface area (Å²) in [6.07, 6.45) is 2.40. The Morgan fingerprint density at radius 3 is 2.75 bits per heavy atom. The molecule has 0 aliphatic carbocycles. The van der Waals surface area contributed by atoms with Crippen LogP contribution < -0.4 is 10.9 Å². The molecule has 3 rings (SSSR count). The molecule has 1 aliphatic heterocycles. The summed E-state index contributed by atoms with van der Waals surface area (Å²) >= 11 is 0. The van der Waals surface area contributed by atoms with Crippen molar-refractivity contribution in [3.8, 4) is 0 Å². The zero-order valence-electron chi connectivity index (χ0n) is 11.4. The maximum absolute atomic E-state index is 12.4. The van der Waals surface area contributed by atoms with E-state index in [1.54, 1.807) is 0 Å². The molecule has 0 bridgehead atoms. The lowest BCUT2D eigenvalue weighted by Crippen LogP contribution is -2.30. The number of nitrogens with one attached hydrogen (secondary N) is 1. The van der Waals surface area contributed by atoms with Gasteiger partial charge in [0.05, 0.1) is 0 Å². The van der Waals surface area contributed by atoms with Gasteiger partial charge in [0.25, 0.3) is 0 Å². The van der Waals surface area contributed by atoms with E-state index in [-0.39, 0.29) is 18.2 Å². The second-order valence-corrected chi connectivity index (χ2v) is 5.28. The van der Waals surface area contributed by atoms with Gasteiger partial charge in [0.2, 0.25) is 0 Å². The van der Waals surface area contributed by atoms with Crippen LogP contribution in [0.4, 0.5) is 0 Å². The number of aliphatic hydroxyl groups is 1. The van der Waals surface area contributed by atoms with Gasteiger partial charge in [-0.3, -0.25) is 0 Å². The number of para-hydroxylation sites is 1. The molecule has 2 N–H and O–H groups in total. The summed E-state index contributed by atoms with van der Waals surface area (Å²) in [7, 11) is 0. The first-order valence-electron chi connectivity index (χ1n) is 7.17. The molecule has 0 unspecified atom stereocenters. The second kappa shape index (κ2) is 5.77. The van der Waals surface area contributed by atoms with Crippen LogP contribution in [0, 0.1) is 0 Å². The molecule has 106 valence electrons. The topological polar surface area (TPSA) is 62.5 Å². The zero-order valence-corrected chi connectivity index (χ0v) is 11.4. The molecule has 0 atom stereocenters. The van der Waals surface area contributed by atoms with Gasteiger partial charge in [0.1, 0.15) is 5.58 Å². The lowest BCUT2D eigenvalue weighted by Gasteiger charge is -2.24. The van der Waals surface area contributed by atoms with E-state index in [0.717, 1.165) is 42.4 Å². The lowest BCUT2D eigenvalue weighted by molar-refractivity contribution is 0.298. The molecule has 0 saturated carbocycles. The van der Waals surface area contributed by atoms with Crippen molar-refractivity contribution in [2.45, 2.75) is 25.2 Å². The Morgan fingerprint density at radius 2 is 2.00 bits per heavy atom. The predicted molar refractivity (Wildman–Crippen MR) is 78.1 cm³/mol. The average Bonchev–Trinajstić information content (AvgIpc) is 2.48. The van der Waals surface area contributed by atoms with Crippen molar-refractivity contribution in [3.63, 3.8) is 0 Å². The standard InChI is InChI=1S/C16H19NO3/c18-10-7-13-12-3-1-2-4-14(12)20-16(19)15(13)11-5-8-17-9-6-11/h1-4,11,17-18H,5-10H2. The summed E-state index contributed by atoms with van der Waals surface area (Å²) in [5, 5.41) is 13.6. The Kier molecular flexibility index (Phi) is 3.85. The van der Waals surface area contributed by atoms with Crippen molar-refractivity contribution in [1.82, 2.24) is 5.32 Å². The quantitative estimate of drug-likeness (QED) is 0.837. The highest BCUT2D eigenvalue weighted by Gasteiger charge is 2.24. The van der Waals surface area contributed by atoms with Gasteiger partial charge in [0, 0.05) is 17.6 Å². The smallest absolute Gasteiger partial charge is 0.340 e. The minimum absolute atomic E-state index is 0.0470. The third kappa shape index (κ3) is 2.37. The fourth-order valence-electron chi connectivity index (χ4n) is 3.13. The van der Waals surface area contributed by atoms with Crippen LogP contribution in [0.15, 0.2) is 33.5 Å². The van der Waals surface area contributed by atoms with Crippen LogP contribution in [-0.4, -0.2) is 24.8 Å². The van der Waals surface area contributed by atoms with E-state index in [0.29, 0.717) is 12.0 Å². The van der Waals surface area contributed by atoms with E-state index >= 15 is 0 Å². The van der Waals surface area contributed by atoms with E-state index in [4.69, 9.17) is 4.42 Å². The molecule has 1 aromatic carbocycles. The number of aliphatic hydroxyl groups excluding tert-OH is 1. The van der Waals surface area contributed by atoms with Gasteiger partial charge in [-0.2, -0.15) is 0 Å². The van der Waals surface area contributed by atoms with E-state index < -0.39 is 0 Å². The van der Waals surface area contributed by atoms with E-state index in [1.807, 2.05) is 24.3 Å². The molecular weight excluding hydrogens is 254 g/mol. The lowest BCUT2D eigenvalue weighted by atomic mass is 9.86. The first-order valence-corrected chi connectivity index (χ1v) is 7.17. The van der Waals surface area contributed by atoms with Gasteiger partial charge in [-0.05, 0) is 49.9 Å². The zero-order chi connectivity index (χ0) is 13.9. The summed E-state index contributed by atoms with van der Waals surface area (Å²) in [5.41, 5.74) is 2.11. The normalized spacial score (nSPS) is 16.6. The van der Waals surface area contributed by atoms with Crippen molar-refractivity contribution in [3.05, 3.63) is 45.8 Å². The molecule has 0 amide bonds. The number of hydrogen-bond donors (Lipinski definition) is 2. The molecule has 4 nitrogen and oxygen atoms in total. The number of benzene rings is 1. The van der Waals surface area contributed by atoms with Crippen molar-refractivity contribution < 1.29 is 9.52 Å². The van der Waals surface area contributed by atoms with Crippen LogP contribution in [0.3, 0.4) is 0 Å². The molecule has 1 fully saturated rings.